The first-order chi connectivity index (χ1) is 9.68. The number of nitrogens with zero attached hydrogens (tertiary/aromatic N) is 1. The van der Waals surface area contributed by atoms with Crippen molar-refractivity contribution in [3.8, 4) is 0 Å². The van der Waals surface area contributed by atoms with Gasteiger partial charge in [-0.2, -0.15) is 0 Å². The fraction of sp³-hybridized carbons (Fsp3) is 0.438. The maximum atomic E-state index is 10.3. The van der Waals surface area contributed by atoms with Gasteiger partial charge >= 0.3 is 0 Å². The number of hydrogen-bond donors (Lipinski definition) is 2. The van der Waals surface area contributed by atoms with Crippen LogP contribution in [0.4, 0.5) is 0 Å². The molecule has 3 rings (SSSR count). The predicted molar refractivity (Wildman–Crippen MR) is 84.6 cm³/mol. The van der Waals surface area contributed by atoms with E-state index < -0.39 is 5.60 Å². The average molecular weight is 335 g/mol. The molecule has 0 atom stereocenters. The molecule has 0 bridgehead atoms. The van der Waals surface area contributed by atoms with Crippen LogP contribution in [0.5, 0.6) is 0 Å². The SMILES string of the molecule is OC1(CNCc2ccc(Br)c3cccnc23)CCCC1. The first kappa shape index (κ1) is 14.0. The van der Waals surface area contributed by atoms with E-state index in [-0.39, 0.29) is 0 Å². The summed E-state index contributed by atoms with van der Waals surface area (Å²) >= 11 is 3.56. The maximum absolute atomic E-state index is 10.3. The highest BCUT2D eigenvalue weighted by Crippen LogP contribution is 2.29. The molecule has 1 aromatic heterocycles. The molecule has 1 heterocycles. The van der Waals surface area contributed by atoms with E-state index in [4.69, 9.17) is 0 Å². The van der Waals surface area contributed by atoms with Crippen molar-refractivity contribution in [1.29, 1.82) is 0 Å². The van der Waals surface area contributed by atoms with E-state index in [1.807, 2.05) is 12.3 Å². The number of nitrogens with one attached hydrogen (secondary N) is 1. The van der Waals surface area contributed by atoms with Crippen LogP contribution in [0, 0.1) is 0 Å². The van der Waals surface area contributed by atoms with Crippen molar-refractivity contribution in [2.75, 3.05) is 6.54 Å². The molecule has 0 amide bonds. The Labute approximate surface area is 127 Å². The molecule has 4 heteroatoms. The Hall–Kier alpha value is -0.970. The van der Waals surface area contributed by atoms with Gasteiger partial charge in [0.1, 0.15) is 0 Å². The van der Waals surface area contributed by atoms with Crippen molar-refractivity contribution in [3.05, 3.63) is 40.5 Å². The minimum absolute atomic E-state index is 0.501. The van der Waals surface area contributed by atoms with Gasteiger partial charge in [0.25, 0.3) is 0 Å². The molecule has 0 radical (unpaired) electrons. The monoisotopic (exact) mass is 334 g/mol. The van der Waals surface area contributed by atoms with Gasteiger partial charge < -0.3 is 10.4 Å². The van der Waals surface area contributed by atoms with E-state index in [9.17, 15) is 5.11 Å². The van der Waals surface area contributed by atoms with Crippen LogP contribution in [-0.2, 0) is 6.54 Å². The highest BCUT2D eigenvalue weighted by molar-refractivity contribution is 9.10. The van der Waals surface area contributed by atoms with E-state index in [0.717, 1.165) is 47.6 Å². The fourth-order valence-corrected chi connectivity index (χ4v) is 3.43. The van der Waals surface area contributed by atoms with Crippen molar-refractivity contribution in [3.63, 3.8) is 0 Å². The van der Waals surface area contributed by atoms with Gasteiger partial charge in [-0.3, -0.25) is 4.98 Å². The van der Waals surface area contributed by atoms with E-state index in [0.29, 0.717) is 6.54 Å². The minimum atomic E-state index is -0.501. The number of pyridine rings is 1. The summed E-state index contributed by atoms with van der Waals surface area (Å²) in [5, 5.41) is 14.9. The number of aromatic nitrogens is 1. The number of rotatable bonds is 4. The van der Waals surface area contributed by atoms with Gasteiger partial charge in [0.15, 0.2) is 0 Å². The van der Waals surface area contributed by atoms with Crippen LogP contribution in [-0.4, -0.2) is 22.2 Å². The molecular weight excluding hydrogens is 316 g/mol. The largest absolute Gasteiger partial charge is 0.389 e. The van der Waals surface area contributed by atoms with Crippen molar-refractivity contribution in [1.82, 2.24) is 10.3 Å². The highest BCUT2D eigenvalue weighted by Gasteiger charge is 2.30. The number of fused-ring (bicyclic) bond motifs is 1. The molecule has 1 saturated carbocycles. The smallest absolute Gasteiger partial charge is 0.0771 e. The predicted octanol–water partition coefficient (Wildman–Crippen LogP) is 3.39. The zero-order valence-corrected chi connectivity index (χ0v) is 13.0. The molecule has 20 heavy (non-hydrogen) atoms. The first-order valence-corrected chi connectivity index (χ1v) is 7.92. The molecule has 0 unspecified atom stereocenters. The summed E-state index contributed by atoms with van der Waals surface area (Å²) in [7, 11) is 0. The van der Waals surface area contributed by atoms with Crippen molar-refractivity contribution >= 4 is 26.8 Å². The van der Waals surface area contributed by atoms with Crippen LogP contribution in [0.15, 0.2) is 34.9 Å². The van der Waals surface area contributed by atoms with Crippen LogP contribution in [0.3, 0.4) is 0 Å². The third-order valence-electron chi connectivity index (χ3n) is 4.10. The Balaban J connectivity index is 1.73. The molecule has 0 aliphatic heterocycles. The molecule has 2 N–H and O–H groups in total. The molecule has 0 spiro atoms. The molecule has 106 valence electrons. The highest BCUT2D eigenvalue weighted by atomic mass is 79.9. The van der Waals surface area contributed by atoms with Gasteiger partial charge in [0, 0.05) is 29.1 Å². The molecule has 1 aliphatic rings. The van der Waals surface area contributed by atoms with E-state index in [1.165, 1.54) is 5.56 Å². The quantitative estimate of drug-likeness (QED) is 0.900. The normalized spacial score (nSPS) is 17.7. The van der Waals surface area contributed by atoms with Crippen molar-refractivity contribution in [2.24, 2.45) is 0 Å². The molecule has 1 aliphatic carbocycles. The molecular formula is C16H19BrN2O. The van der Waals surface area contributed by atoms with E-state index in [2.05, 4.69) is 44.4 Å². The Morgan fingerprint density at radius 1 is 1.25 bits per heavy atom. The third-order valence-corrected chi connectivity index (χ3v) is 4.80. The fourth-order valence-electron chi connectivity index (χ4n) is 2.98. The second-order valence-corrected chi connectivity index (χ2v) is 6.50. The summed E-state index contributed by atoms with van der Waals surface area (Å²) in [6.45, 7) is 1.40. The van der Waals surface area contributed by atoms with Gasteiger partial charge in [0.05, 0.1) is 11.1 Å². The standard InChI is InChI=1S/C16H19BrN2O/c17-14-6-5-12(15-13(14)4-3-9-19-15)10-18-11-16(20)7-1-2-8-16/h3-6,9,18,20H,1-2,7-8,10-11H2. The Morgan fingerprint density at radius 3 is 2.85 bits per heavy atom. The van der Waals surface area contributed by atoms with Gasteiger partial charge in [0.2, 0.25) is 0 Å². The Morgan fingerprint density at radius 2 is 2.05 bits per heavy atom. The molecule has 1 fully saturated rings. The zero-order valence-electron chi connectivity index (χ0n) is 11.4. The van der Waals surface area contributed by atoms with Crippen LogP contribution < -0.4 is 5.32 Å². The van der Waals surface area contributed by atoms with Crippen LogP contribution >= 0.6 is 15.9 Å². The van der Waals surface area contributed by atoms with Crippen LogP contribution in [0.1, 0.15) is 31.2 Å². The topological polar surface area (TPSA) is 45.1 Å². The summed E-state index contributed by atoms with van der Waals surface area (Å²) in [5.74, 6) is 0. The van der Waals surface area contributed by atoms with Crippen molar-refractivity contribution < 1.29 is 5.11 Å². The number of aliphatic hydroxyl groups is 1. The summed E-state index contributed by atoms with van der Waals surface area (Å²) in [6, 6.07) is 8.17. The Kier molecular flexibility index (Phi) is 4.06. The first-order valence-electron chi connectivity index (χ1n) is 7.13. The molecule has 3 nitrogen and oxygen atoms in total. The molecule has 0 saturated heterocycles. The third kappa shape index (κ3) is 2.87. The minimum Gasteiger partial charge on any atom is -0.389 e. The van der Waals surface area contributed by atoms with Gasteiger partial charge in [-0.1, -0.05) is 40.9 Å². The second-order valence-electron chi connectivity index (χ2n) is 5.64. The number of halogens is 1. The zero-order chi connectivity index (χ0) is 14.0. The van der Waals surface area contributed by atoms with Crippen LogP contribution in [0.25, 0.3) is 10.9 Å². The van der Waals surface area contributed by atoms with Gasteiger partial charge in [-0.05, 0) is 30.5 Å². The lowest BCUT2D eigenvalue weighted by atomic mass is 10.0. The van der Waals surface area contributed by atoms with Crippen LogP contribution in [0.2, 0.25) is 0 Å². The maximum Gasteiger partial charge on any atom is 0.0771 e. The summed E-state index contributed by atoms with van der Waals surface area (Å²) in [5.41, 5.74) is 1.69. The summed E-state index contributed by atoms with van der Waals surface area (Å²) in [6.07, 6.45) is 5.93. The number of hydrogen-bond acceptors (Lipinski definition) is 3. The Bertz CT molecular complexity index is 608. The lowest BCUT2D eigenvalue weighted by Crippen LogP contribution is -2.37. The lowest BCUT2D eigenvalue weighted by Gasteiger charge is -2.22. The van der Waals surface area contributed by atoms with Gasteiger partial charge in [-0.25, -0.2) is 0 Å². The lowest BCUT2D eigenvalue weighted by molar-refractivity contribution is 0.0475. The van der Waals surface area contributed by atoms with Gasteiger partial charge in [-0.15, -0.1) is 0 Å². The second kappa shape index (κ2) is 5.80. The van der Waals surface area contributed by atoms with Crippen molar-refractivity contribution in [2.45, 2.75) is 37.8 Å². The van der Waals surface area contributed by atoms with E-state index in [1.54, 1.807) is 0 Å². The van der Waals surface area contributed by atoms with E-state index >= 15 is 0 Å². The average Bonchev–Trinajstić information content (AvgIpc) is 2.89. The summed E-state index contributed by atoms with van der Waals surface area (Å²) < 4.78 is 1.07. The molecule has 2 aromatic rings. The molecule has 1 aromatic carbocycles. The number of benzene rings is 1. The summed E-state index contributed by atoms with van der Waals surface area (Å²) in [4.78, 5) is 4.48.